The molecule has 1 aliphatic heterocycles. The highest BCUT2D eigenvalue weighted by molar-refractivity contribution is 7.94. The summed E-state index contributed by atoms with van der Waals surface area (Å²) >= 11 is 0. The molecular weight excluding hydrogens is 216 g/mol. The number of rotatable bonds is 5. The Bertz CT molecular complexity index is 373. The van der Waals surface area contributed by atoms with Gasteiger partial charge in [-0.3, -0.25) is 4.79 Å². The predicted octanol–water partition coefficient (Wildman–Crippen LogP) is -0.811. The van der Waals surface area contributed by atoms with Crippen molar-refractivity contribution in [1.82, 2.24) is 10.6 Å². The highest BCUT2D eigenvalue weighted by Crippen LogP contribution is 2.07. The number of hydrogen-bond acceptors (Lipinski definition) is 4. The maximum atomic E-state index is 11.2. The Morgan fingerprint density at radius 2 is 2.33 bits per heavy atom. The molecule has 1 unspecified atom stereocenters. The van der Waals surface area contributed by atoms with Crippen LogP contribution in [0.4, 0.5) is 0 Å². The van der Waals surface area contributed by atoms with Gasteiger partial charge in [0.1, 0.15) is 0 Å². The summed E-state index contributed by atoms with van der Waals surface area (Å²) in [5.41, 5.74) is 0. The molecule has 0 aromatic heterocycles. The van der Waals surface area contributed by atoms with Gasteiger partial charge in [0.25, 0.3) is 0 Å². The van der Waals surface area contributed by atoms with Gasteiger partial charge in [0, 0.05) is 12.0 Å². The van der Waals surface area contributed by atoms with Crippen molar-refractivity contribution in [2.45, 2.75) is 6.04 Å². The molecule has 84 valence electrons. The van der Waals surface area contributed by atoms with E-state index in [-0.39, 0.29) is 18.2 Å². The zero-order valence-corrected chi connectivity index (χ0v) is 9.09. The van der Waals surface area contributed by atoms with E-state index in [2.05, 4.69) is 17.2 Å². The lowest BCUT2D eigenvalue weighted by Crippen LogP contribution is -2.40. The van der Waals surface area contributed by atoms with Crippen LogP contribution in [-0.4, -0.2) is 39.2 Å². The fraction of sp³-hybridized carbons (Fsp3) is 0.444. The minimum atomic E-state index is -3.10. The summed E-state index contributed by atoms with van der Waals surface area (Å²) < 4.78 is 22.0. The fourth-order valence-corrected chi connectivity index (χ4v) is 2.45. The second-order valence-corrected chi connectivity index (χ2v) is 5.18. The van der Waals surface area contributed by atoms with Gasteiger partial charge in [0.05, 0.1) is 18.3 Å². The van der Waals surface area contributed by atoms with Crippen molar-refractivity contribution >= 4 is 15.7 Å². The van der Waals surface area contributed by atoms with Crippen LogP contribution < -0.4 is 10.6 Å². The summed E-state index contributed by atoms with van der Waals surface area (Å²) in [4.78, 5) is 11.2. The van der Waals surface area contributed by atoms with E-state index in [9.17, 15) is 13.2 Å². The fourth-order valence-electron chi connectivity index (χ4n) is 1.21. The minimum Gasteiger partial charge on any atom is -0.348 e. The van der Waals surface area contributed by atoms with Gasteiger partial charge in [-0.25, -0.2) is 8.42 Å². The van der Waals surface area contributed by atoms with Crippen LogP contribution in [0.25, 0.3) is 0 Å². The quantitative estimate of drug-likeness (QED) is 0.478. The van der Waals surface area contributed by atoms with E-state index in [4.69, 9.17) is 0 Å². The molecule has 0 aliphatic carbocycles. The lowest BCUT2D eigenvalue weighted by molar-refractivity contribution is -0.120. The molecule has 0 aromatic rings. The Balaban J connectivity index is 2.28. The molecule has 1 aliphatic rings. The van der Waals surface area contributed by atoms with Gasteiger partial charge >= 0.3 is 0 Å². The van der Waals surface area contributed by atoms with E-state index in [1.54, 1.807) is 6.08 Å². The molecule has 0 bridgehead atoms. The molecule has 2 N–H and O–H groups in total. The summed E-state index contributed by atoms with van der Waals surface area (Å²) in [6.07, 6.45) is 3.13. The monoisotopic (exact) mass is 230 g/mol. The van der Waals surface area contributed by atoms with Gasteiger partial charge in [0.15, 0.2) is 9.84 Å². The largest absolute Gasteiger partial charge is 0.348 e. The summed E-state index contributed by atoms with van der Waals surface area (Å²) in [6, 6.07) is -0.395. The molecule has 0 radical (unpaired) electrons. The first-order valence-electron chi connectivity index (χ1n) is 4.55. The van der Waals surface area contributed by atoms with Crippen molar-refractivity contribution < 1.29 is 13.2 Å². The van der Waals surface area contributed by atoms with Gasteiger partial charge in [-0.05, 0) is 6.08 Å². The third kappa shape index (κ3) is 4.26. The Morgan fingerprint density at radius 3 is 2.87 bits per heavy atom. The van der Waals surface area contributed by atoms with Crippen LogP contribution in [-0.2, 0) is 14.6 Å². The molecule has 1 amide bonds. The van der Waals surface area contributed by atoms with Gasteiger partial charge in [-0.2, -0.15) is 0 Å². The van der Waals surface area contributed by atoms with E-state index in [1.165, 1.54) is 6.08 Å². The van der Waals surface area contributed by atoms with Crippen molar-refractivity contribution in [2.75, 3.05) is 18.8 Å². The number of carbonyl (C=O) groups is 1. The summed E-state index contributed by atoms with van der Waals surface area (Å²) in [7, 11) is -3.10. The Morgan fingerprint density at radius 1 is 1.60 bits per heavy atom. The third-order valence-corrected chi connectivity index (χ3v) is 3.25. The molecule has 1 atom stereocenters. The third-order valence-electron chi connectivity index (χ3n) is 1.85. The van der Waals surface area contributed by atoms with E-state index in [1.807, 2.05) is 0 Å². The number of nitrogens with one attached hydrogen (secondary N) is 2. The summed E-state index contributed by atoms with van der Waals surface area (Å²) in [5.74, 6) is -0.260. The molecule has 6 heteroatoms. The highest BCUT2D eigenvalue weighted by atomic mass is 32.2. The zero-order valence-electron chi connectivity index (χ0n) is 8.27. The van der Waals surface area contributed by atoms with Crippen LogP contribution in [0.15, 0.2) is 24.1 Å². The van der Waals surface area contributed by atoms with Crippen LogP contribution in [0, 0.1) is 0 Å². The van der Waals surface area contributed by atoms with Crippen LogP contribution in [0.5, 0.6) is 0 Å². The Labute approximate surface area is 89.2 Å². The first kappa shape index (κ1) is 11.9. The summed E-state index contributed by atoms with van der Waals surface area (Å²) in [5, 5.41) is 6.55. The lowest BCUT2D eigenvalue weighted by Gasteiger charge is -2.09. The van der Waals surface area contributed by atoms with Crippen LogP contribution in [0.1, 0.15) is 0 Å². The molecule has 0 fully saturated rings. The second kappa shape index (κ2) is 5.09. The second-order valence-electron chi connectivity index (χ2n) is 3.25. The number of amides is 1. The Kier molecular flexibility index (Phi) is 4.05. The number of sulfone groups is 1. The molecule has 1 heterocycles. The van der Waals surface area contributed by atoms with E-state index in [0.29, 0.717) is 6.54 Å². The van der Waals surface area contributed by atoms with Crippen LogP contribution in [0.3, 0.4) is 0 Å². The average Bonchev–Trinajstić information content (AvgIpc) is 2.46. The maximum absolute atomic E-state index is 11.2. The molecule has 15 heavy (non-hydrogen) atoms. The van der Waals surface area contributed by atoms with Crippen LogP contribution in [0.2, 0.25) is 0 Å². The number of hydrogen-bond donors (Lipinski definition) is 2. The predicted molar refractivity (Wildman–Crippen MR) is 57.9 cm³/mol. The standard InChI is InChI=1S/C9H14N2O3S/c1-2-4-10-6-9(12)11-8-3-5-15(13,14)7-8/h2-3,5,8,10H,1,4,6-7H2,(H,11,12). The van der Waals surface area contributed by atoms with E-state index in [0.717, 1.165) is 5.41 Å². The van der Waals surface area contributed by atoms with Gasteiger partial charge in [-0.1, -0.05) is 6.08 Å². The SMILES string of the molecule is C=CCNCC(=O)NC1C=CS(=O)(=O)C1. The van der Waals surface area contributed by atoms with Crippen molar-refractivity contribution in [3.8, 4) is 0 Å². The molecule has 0 saturated carbocycles. The lowest BCUT2D eigenvalue weighted by atomic mass is 10.3. The average molecular weight is 230 g/mol. The number of carbonyl (C=O) groups excluding carboxylic acids is 1. The van der Waals surface area contributed by atoms with Crippen LogP contribution >= 0.6 is 0 Å². The first-order chi connectivity index (χ1) is 7.03. The normalized spacial score (nSPS) is 22.5. The smallest absolute Gasteiger partial charge is 0.234 e. The molecule has 1 rings (SSSR count). The first-order valence-corrected chi connectivity index (χ1v) is 6.27. The summed E-state index contributed by atoms with van der Waals surface area (Å²) in [6.45, 7) is 4.21. The zero-order chi connectivity index (χ0) is 11.3. The van der Waals surface area contributed by atoms with Gasteiger partial charge in [-0.15, -0.1) is 6.58 Å². The van der Waals surface area contributed by atoms with E-state index >= 15 is 0 Å². The van der Waals surface area contributed by atoms with Gasteiger partial charge in [0.2, 0.25) is 5.91 Å². The van der Waals surface area contributed by atoms with Crippen molar-refractivity contribution in [3.63, 3.8) is 0 Å². The molecule has 0 saturated heterocycles. The molecule has 5 nitrogen and oxygen atoms in total. The molecular formula is C9H14N2O3S. The van der Waals surface area contributed by atoms with Crippen molar-refractivity contribution in [1.29, 1.82) is 0 Å². The molecule has 0 spiro atoms. The maximum Gasteiger partial charge on any atom is 0.234 e. The van der Waals surface area contributed by atoms with Gasteiger partial charge < -0.3 is 10.6 Å². The highest BCUT2D eigenvalue weighted by Gasteiger charge is 2.22. The van der Waals surface area contributed by atoms with Crippen molar-refractivity contribution in [2.24, 2.45) is 0 Å². The molecule has 0 aromatic carbocycles. The Hall–Kier alpha value is -1.14. The topological polar surface area (TPSA) is 75.3 Å². The minimum absolute atomic E-state index is 0.0415. The van der Waals surface area contributed by atoms with Crippen molar-refractivity contribution in [3.05, 3.63) is 24.1 Å². The van der Waals surface area contributed by atoms with E-state index < -0.39 is 15.9 Å².